The summed E-state index contributed by atoms with van der Waals surface area (Å²) < 4.78 is 191. The highest BCUT2D eigenvalue weighted by Gasteiger charge is 2.83. The Morgan fingerprint density at radius 3 is 1.22 bits per heavy atom. The number of hydrogen-bond acceptors (Lipinski definition) is 3. The van der Waals surface area contributed by atoms with Crippen LogP contribution in [0.2, 0.25) is 0 Å². The van der Waals surface area contributed by atoms with Gasteiger partial charge in [-0.2, -0.15) is 65.9 Å². The highest BCUT2D eigenvalue weighted by atomic mass is 79.9. The molecule has 0 aromatic rings. The molecule has 0 aromatic carbocycles. The van der Waals surface area contributed by atoms with Gasteiger partial charge in [-0.05, 0) is 0 Å². The summed E-state index contributed by atoms with van der Waals surface area (Å²) in [5.74, 6) is -14.7. The van der Waals surface area contributed by atoms with E-state index < -0.39 is 47.1 Å². The Kier molecular flexibility index (Phi) is 6.57. The van der Waals surface area contributed by atoms with Crippen LogP contribution in [0.1, 0.15) is 0 Å². The van der Waals surface area contributed by atoms with E-state index in [1.807, 2.05) is 0 Å². The number of alkyl halides is 15. The van der Waals surface area contributed by atoms with Gasteiger partial charge >= 0.3 is 47.1 Å². The number of halogens is 16. The molecule has 3 nitrogen and oxygen atoms in total. The maximum absolute atomic E-state index is 13.5. The molecule has 0 aliphatic rings. The zero-order valence-corrected chi connectivity index (χ0v) is 12.9. The maximum atomic E-state index is 13.5. The molecule has 2 unspecified atom stereocenters. The fourth-order valence-corrected chi connectivity index (χ4v) is 1.05. The topological polar surface area (TPSA) is 35.5 Å². The number of rotatable bonds is 7. The van der Waals surface area contributed by atoms with Gasteiger partial charge in [0.15, 0.2) is 0 Å². The largest absolute Gasteiger partial charge is 0.459 e. The Labute approximate surface area is 144 Å². The lowest BCUT2D eigenvalue weighted by molar-refractivity contribution is -0.533. The maximum Gasteiger partial charge on any atom is 0.459 e. The Morgan fingerprint density at radius 1 is 0.630 bits per heavy atom. The second-order valence-electron chi connectivity index (χ2n) is 4.20. The Balaban J connectivity index is 6.42. The van der Waals surface area contributed by atoms with Gasteiger partial charge in [0, 0.05) is 15.9 Å². The van der Waals surface area contributed by atoms with E-state index in [4.69, 9.17) is 0 Å². The predicted molar refractivity (Wildman–Crippen MR) is 51.8 cm³/mol. The molecule has 0 aromatic heterocycles. The van der Waals surface area contributed by atoms with E-state index in [1.165, 1.54) is 4.74 Å². The molecule has 0 heterocycles. The number of hydrogen-bond donors (Lipinski definition) is 0. The molecule has 0 radical (unpaired) electrons. The molecule has 0 saturated heterocycles. The van der Waals surface area contributed by atoms with Crippen LogP contribution in [0.25, 0.3) is 0 Å². The van der Waals surface area contributed by atoms with E-state index in [-0.39, 0.29) is 0 Å². The van der Waals surface area contributed by atoms with Crippen LogP contribution in [-0.2, 0) is 14.3 Å². The lowest BCUT2D eigenvalue weighted by Gasteiger charge is -2.38. The minimum Gasteiger partial charge on any atom is -0.262 e. The van der Waals surface area contributed by atoms with E-state index in [0.29, 0.717) is 15.9 Å². The van der Waals surface area contributed by atoms with Gasteiger partial charge in [-0.1, -0.05) is 0 Å². The molecule has 0 aliphatic carbocycles. The van der Waals surface area contributed by atoms with Crippen LogP contribution in [0.3, 0.4) is 0 Å². The molecule has 0 rings (SSSR count). The van der Waals surface area contributed by atoms with Gasteiger partial charge in [0.1, 0.15) is 0 Å². The van der Waals surface area contributed by atoms with Gasteiger partial charge in [-0.15, -0.1) is 0 Å². The summed E-state index contributed by atoms with van der Waals surface area (Å²) in [6.45, 7) is 0. The molecule has 19 heteroatoms. The van der Waals surface area contributed by atoms with Crippen molar-refractivity contribution in [1.82, 2.24) is 0 Å². The minimum absolute atomic E-state index is 0.606. The van der Waals surface area contributed by atoms with Gasteiger partial charge < -0.3 is 0 Å². The fraction of sp³-hybridized carbons (Fsp3) is 0.875. The quantitative estimate of drug-likeness (QED) is 0.271. The van der Waals surface area contributed by atoms with Crippen LogP contribution in [0.15, 0.2) is 0 Å². The third-order valence-corrected chi connectivity index (χ3v) is 2.69. The molecule has 0 bridgehead atoms. The van der Waals surface area contributed by atoms with Gasteiger partial charge in [0.2, 0.25) is 0 Å². The Hall–Kier alpha value is -0.980. The van der Waals surface area contributed by atoms with Crippen LogP contribution >= 0.6 is 15.9 Å². The summed E-state index contributed by atoms with van der Waals surface area (Å²) in [6, 6.07) is -4.61. The van der Waals surface area contributed by atoms with E-state index in [1.54, 1.807) is 4.74 Å². The smallest absolute Gasteiger partial charge is 0.262 e. The van der Waals surface area contributed by atoms with Crippen molar-refractivity contribution in [2.24, 2.45) is 0 Å². The monoisotopic (exact) mass is 508 g/mol. The van der Waals surface area contributed by atoms with Crippen molar-refractivity contribution in [3.05, 3.63) is 0 Å². The molecule has 27 heavy (non-hydrogen) atoms. The van der Waals surface area contributed by atoms with Crippen molar-refractivity contribution in [1.29, 1.82) is 0 Å². The molecule has 0 fully saturated rings. The molecule has 0 aliphatic heterocycles. The molecular weight excluding hydrogens is 509 g/mol. The van der Waals surface area contributed by atoms with Gasteiger partial charge in [-0.25, -0.2) is 0 Å². The predicted octanol–water partition coefficient (Wildman–Crippen LogP) is 5.15. The van der Waals surface area contributed by atoms with Crippen molar-refractivity contribution in [3.8, 4) is 0 Å². The number of carbonyl (C=O) groups is 1. The normalized spacial score (nSPS) is 19.4. The number of ether oxygens (including phenoxy) is 2. The van der Waals surface area contributed by atoms with Gasteiger partial charge in [-0.3, -0.25) is 14.3 Å². The summed E-state index contributed by atoms with van der Waals surface area (Å²) in [7, 11) is 0. The summed E-state index contributed by atoms with van der Waals surface area (Å²) >= 11 is 0.606. The van der Waals surface area contributed by atoms with Crippen molar-refractivity contribution in [3.63, 3.8) is 0 Å². The summed E-state index contributed by atoms with van der Waals surface area (Å²) in [5, 5.41) is 0. The second-order valence-corrected chi connectivity index (χ2v) is 5.19. The average Bonchev–Trinajstić information content (AvgIpc) is 2.32. The lowest BCUT2D eigenvalue weighted by Crippen LogP contribution is -2.66. The van der Waals surface area contributed by atoms with Crippen molar-refractivity contribution in [2.75, 3.05) is 0 Å². The van der Waals surface area contributed by atoms with Gasteiger partial charge in [0.05, 0.1) is 0 Å². The Morgan fingerprint density at radius 2 is 1.00 bits per heavy atom. The first-order valence-electron chi connectivity index (χ1n) is 5.29. The van der Waals surface area contributed by atoms with E-state index in [0.717, 1.165) is 0 Å². The first-order chi connectivity index (χ1) is 11.4. The van der Waals surface area contributed by atoms with Crippen molar-refractivity contribution >= 4 is 22.0 Å². The van der Waals surface area contributed by atoms with E-state index in [2.05, 4.69) is 0 Å². The zero-order chi connectivity index (χ0) is 22.5. The van der Waals surface area contributed by atoms with E-state index >= 15 is 0 Å². The molecule has 0 N–H and O–H groups in total. The first kappa shape index (κ1) is 26.0. The van der Waals surface area contributed by atoms with Crippen molar-refractivity contribution in [2.45, 2.75) is 41.1 Å². The fourth-order valence-electron chi connectivity index (χ4n) is 0.968. The van der Waals surface area contributed by atoms with Crippen LogP contribution in [0, 0.1) is 0 Å². The van der Waals surface area contributed by atoms with Crippen LogP contribution in [0.4, 0.5) is 65.9 Å². The molecular formula is C8BrF15O3. The second kappa shape index (κ2) is 6.82. The highest BCUT2D eigenvalue weighted by Crippen LogP contribution is 2.55. The standard InChI is InChI=1S/C8BrF15O3/c9-4(13,14)8(23,24)27-3(12,6(18,19)20)7(21,22)26-2(11,1(10)25)5(15,16)17. The highest BCUT2D eigenvalue weighted by molar-refractivity contribution is 9.10. The first-order valence-corrected chi connectivity index (χ1v) is 6.09. The van der Waals surface area contributed by atoms with Crippen LogP contribution < -0.4 is 0 Å². The lowest BCUT2D eigenvalue weighted by atomic mass is 10.2. The SMILES string of the molecule is O=C(F)C(F)(OC(F)(F)C(F)(OC(F)(F)C(F)(F)Br)C(F)(F)F)C(F)(F)F. The third kappa shape index (κ3) is 4.72. The van der Waals surface area contributed by atoms with Crippen LogP contribution in [-0.4, -0.2) is 47.1 Å². The van der Waals surface area contributed by atoms with Crippen molar-refractivity contribution < 1.29 is 80.1 Å². The molecule has 162 valence electrons. The van der Waals surface area contributed by atoms with Gasteiger partial charge in [0.25, 0.3) is 0 Å². The Bertz CT molecular complexity index is 565. The summed E-state index contributed by atoms with van der Waals surface area (Å²) in [4.78, 5) is 3.83. The van der Waals surface area contributed by atoms with E-state index in [9.17, 15) is 70.7 Å². The van der Waals surface area contributed by atoms with Crippen LogP contribution in [0.5, 0.6) is 0 Å². The minimum atomic E-state index is -7.67. The molecule has 0 saturated carbocycles. The number of carbonyl (C=O) groups excluding carboxylic acids is 1. The summed E-state index contributed by atoms with van der Waals surface area (Å²) in [6.07, 6.45) is -29.4. The molecule has 2 atom stereocenters. The molecule has 0 amide bonds. The summed E-state index contributed by atoms with van der Waals surface area (Å²) in [5.41, 5.74) is 0. The average molecular weight is 509 g/mol. The molecule has 0 spiro atoms. The third-order valence-electron chi connectivity index (χ3n) is 2.22. The zero-order valence-electron chi connectivity index (χ0n) is 11.3.